The zero-order valence-corrected chi connectivity index (χ0v) is 16.3. The van der Waals surface area contributed by atoms with Gasteiger partial charge in [-0.15, -0.1) is 0 Å². The van der Waals surface area contributed by atoms with E-state index in [1.54, 1.807) is 23.1 Å². The van der Waals surface area contributed by atoms with E-state index in [9.17, 15) is 9.59 Å². The van der Waals surface area contributed by atoms with Gasteiger partial charge in [-0.1, -0.05) is 41.4 Å². The van der Waals surface area contributed by atoms with Crippen LogP contribution in [-0.4, -0.2) is 24.5 Å². The second-order valence-corrected chi connectivity index (χ2v) is 7.24. The molecule has 2 aromatic rings. The SMILES string of the molecule is Cc1ccc(CNC(=O)CCC(=O)N2C[C@H](C)Oc3ccc(Cl)cc32)cc1. The molecule has 2 amide bonds. The fourth-order valence-electron chi connectivity index (χ4n) is 3.00. The number of anilines is 1. The van der Waals surface area contributed by atoms with Crippen LogP contribution in [0.1, 0.15) is 30.9 Å². The number of fused-ring (bicyclic) bond motifs is 1. The van der Waals surface area contributed by atoms with E-state index in [2.05, 4.69) is 5.32 Å². The van der Waals surface area contributed by atoms with E-state index in [0.29, 0.717) is 29.5 Å². The Hall–Kier alpha value is -2.53. The number of ether oxygens (including phenoxy) is 1. The van der Waals surface area contributed by atoms with Gasteiger partial charge in [0.15, 0.2) is 0 Å². The van der Waals surface area contributed by atoms with Crippen LogP contribution in [0.5, 0.6) is 5.75 Å². The lowest BCUT2D eigenvalue weighted by molar-refractivity contribution is -0.125. The lowest BCUT2D eigenvalue weighted by Crippen LogP contribution is -2.42. The highest BCUT2D eigenvalue weighted by Gasteiger charge is 2.27. The van der Waals surface area contributed by atoms with Crippen molar-refractivity contribution in [2.45, 2.75) is 39.3 Å². The third kappa shape index (κ3) is 5.01. The molecule has 0 bridgehead atoms. The van der Waals surface area contributed by atoms with E-state index in [0.717, 1.165) is 5.56 Å². The predicted molar refractivity (Wildman–Crippen MR) is 106 cm³/mol. The molecule has 1 aliphatic heterocycles. The maximum atomic E-state index is 12.7. The Labute approximate surface area is 164 Å². The summed E-state index contributed by atoms with van der Waals surface area (Å²) in [5.41, 5.74) is 2.87. The first-order valence-corrected chi connectivity index (χ1v) is 9.39. The molecule has 6 heteroatoms. The van der Waals surface area contributed by atoms with Crippen LogP contribution >= 0.6 is 11.6 Å². The van der Waals surface area contributed by atoms with Crippen molar-refractivity contribution in [1.29, 1.82) is 0 Å². The van der Waals surface area contributed by atoms with E-state index < -0.39 is 0 Å². The second kappa shape index (κ2) is 8.44. The first-order chi connectivity index (χ1) is 12.9. The molecule has 3 rings (SSSR count). The minimum Gasteiger partial charge on any atom is -0.487 e. The third-order valence-electron chi connectivity index (χ3n) is 4.46. The van der Waals surface area contributed by atoms with Gasteiger partial charge >= 0.3 is 0 Å². The van der Waals surface area contributed by atoms with Crippen molar-refractivity contribution >= 4 is 29.1 Å². The van der Waals surface area contributed by atoms with Crippen molar-refractivity contribution in [2.75, 3.05) is 11.4 Å². The molecule has 1 aliphatic rings. The van der Waals surface area contributed by atoms with Crippen molar-refractivity contribution in [3.8, 4) is 5.75 Å². The molecule has 0 unspecified atom stereocenters. The van der Waals surface area contributed by atoms with Gasteiger partial charge in [0, 0.05) is 24.4 Å². The summed E-state index contributed by atoms with van der Waals surface area (Å²) in [7, 11) is 0. The number of amides is 2. The summed E-state index contributed by atoms with van der Waals surface area (Å²) in [6.45, 7) is 4.83. The number of carbonyl (C=O) groups is 2. The largest absolute Gasteiger partial charge is 0.487 e. The van der Waals surface area contributed by atoms with Gasteiger partial charge in [0.25, 0.3) is 0 Å². The number of halogens is 1. The smallest absolute Gasteiger partial charge is 0.227 e. The molecule has 0 saturated heterocycles. The summed E-state index contributed by atoms with van der Waals surface area (Å²) >= 11 is 6.06. The minimum absolute atomic E-state index is 0.112. The van der Waals surface area contributed by atoms with E-state index in [-0.39, 0.29) is 30.8 Å². The Kier molecular flexibility index (Phi) is 6.01. The molecule has 1 heterocycles. The van der Waals surface area contributed by atoms with Crippen molar-refractivity contribution in [2.24, 2.45) is 0 Å². The van der Waals surface area contributed by atoms with E-state index in [1.807, 2.05) is 38.1 Å². The molecule has 0 saturated carbocycles. The fourth-order valence-corrected chi connectivity index (χ4v) is 3.16. The van der Waals surface area contributed by atoms with Crippen LogP contribution < -0.4 is 15.0 Å². The van der Waals surface area contributed by atoms with Crippen molar-refractivity contribution in [3.05, 3.63) is 58.6 Å². The quantitative estimate of drug-likeness (QED) is 0.848. The Morgan fingerprint density at radius 2 is 1.93 bits per heavy atom. The van der Waals surface area contributed by atoms with Crippen LogP contribution in [0.2, 0.25) is 5.02 Å². The number of rotatable bonds is 5. The first kappa shape index (κ1) is 19.2. The molecule has 1 atom stereocenters. The van der Waals surface area contributed by atoms with Crippen molar-refractivity contribution in [3.63, 3.8) is 0 Å². The fraction of sp³-hybridized carbons (Fsp3) is 0.333. The molecule has 0 fully saturated rings. The summed E-state index contributed by atoms with van der Waals surface area (Å²) in [5.74, 6) is 0.381. The monoisotopic (exact) mass is 386 g/mol. The molecule has 2 aromatic carbocycles. The molecule has 27 heavy (non-hydrogen) atoms. The normalized spacial score (nSPS) is 15.7. The summed E-state index contributed by atoms with van der Waals surface area (Å²) in [6.07, 6.45) is 0.170. The zero-order valence-electron chi connectivity index (χ0n) is 15.5. The number of nitrogens with one attached hydrogen (secondary N) is 1. The molecule has 0 aliphatic carbocycles. The standard InChI is InChI=1S/C21H23ClN2O3/c1-14-3-5-16(6-4-14)12-23-20(25)9-10-21(26)24-13-15(2)27-19-8-7-17(22)11-18(19)24/h3-8,11,15H,9-10,12-13H2,1-2H3,(H,23,25)/t15-/m0/s1. The average Bonchev–Trinajstić information content (AvgIpc) is 2.65. The first-order valence-electron chi connectivity index (χ1n) is 9.01. The van der Waals surface area contributed by atoms with Crippen LogP contribution in [0, 0.1) is 6.92 Å². The Morgan fingerprint density at radius 3 is 2.67 bits per heavy atom. The number of aryl methyl sites for hydroxylation is 1. The van der Waals surface area contributed by atoms with Crippen molar-refractivity contribution < 1.29 is 14.3 Å². The van der Waals surface area contributed by atoms with Crippen molar-refractivity contribution in [1.82, 2.24) is 5.32 Å². The number of hydrogen-bond acceptors (Lipinski definition) is 3. The van der Waals surface area contributed by atoms with Gasteiger partial charge < -0.3 is 15.0 Å². The average molecular weight is 387 g/mol. The van der Waals surface area contributed by atoms with Crippen LogP contribution in [0.25, 0.3) is 0 Å². The summed E-state index contributed by atoms with van der Waals surface area (Å²) in [5, 5.41) is 3.40. The zero-order chi connectivity index (χ0) is 19.4. The molecular weight excluding hydrogens is 364 g/mol. The maximum absolute atomic E-state index is 12.7. The Bertz CT molecular complexity index is 836. The van der Waals surface area contributed by atoms with E-state index >= 15 is 0 Å². The molecule has 142 valence electrons. The van der Waals surface area contributed by atoms with E-state index in [4.69, 9.17) is 16.3 Å². The Morgan fingerprint density at radius 1 is 1.19 bits per heavy atom. The number of carbonyl (C=O) groups excluding carboxylic acids is 2. The molecular formula is C21H23ClN2O3. The maximum Gasteiger partial charge on any atom is 0.227 e. The van der Waals surface area contributed by atoms with Gasteiger partial charge in [0.1, 0.15) is 11.9 Å². The summed E-state index contributed by atoms with van der Waals surface area (Å²) < 4.78 is 5.76. The van der Waals surface area contributed by atoms with Gasteiger partial charge in [-0.2, -0.15) is 0 Å². The van der Waals surface area contributed by atoms with Gasteiger partial charge in [-0.3, -0.25) is 9.59 Å². The highest BCUT2D eigenvalue weighted by Crippen LogP contribution is 2.36. The number of hydrogen-bond donors (Lipinski definition) is 1. The minimum atomic E-state index is -0.142. The van der Waals surface area contributed by atoms with Crippen LogP contribution in [0.3, 0.4) is 0 Å². The number of nitrogens with zero attached hydrogens (tertiary/aromatic N) is 1. The van der Waals surface area contributed by atoms with Gasteiger partial charge in [0.2, 0.25) is 11.8 Å². The second-order valence-electron chi connectivity index (χ2n) is 6.81. The lowest BCUT2D eigenvalue weighted by atomic mass is 10.1. The number of benzene rings is 2. The van der Waals surface area contributed by atoms with E-state index in [1.165, 1.54) is 5.56 Å². The van der Waals surface area contributed by atoms with Gasteiger partial charge in [-0.05, 0) is 37.6 Å². The third-order valence-corrected chi connectivity index (χ3v) is 4.69. The molecule has 0 aromatic heterocycles. The predicted octanol–water partition coefficient (Wildman–Crippen LogP) is 3.86. The highest BCUT2D eigenvalue weighted by molar-refractivity contribution is 6.31. The molecule has 1 N–H and O–H groups in total. The Balaban J connectivity index is 1.55. The van der Waals surface area contributed by atoms with Gasteiger partial charge in [0.05, 0.1) is 12.2 Å². The van der Waals surface area contributed by atoms with Crippen LogP contribution in [0.15, 0.2) is 42.5 Å². The lowest BCUT2D eigenvalue weighted by Gasteiger charge is -2.33. The van der Waals surface area contributed by atoms with Gasteiger partial charge in [-0.25, -0.2) is 0 Å². The summed E-state index contributed by atoms with van der Waals surface area (Å²) in [4.78, 5) is 26.4. The van der Waals surface area contributed by atoms with Crippen LogP contribution in [0.4, 0.5) is 5.69 Å². The molecule has 0 spiro atoms. The van der Waals surface area contributed by atoms with Crippen LogP contribution in [-0.2, 0) is 16.1 Å². The highest BCUT2D eigenvalue weighted by atomic mass is 35.5. The molecule has 0 radical (unpaired) electrons. The molecule has 5 nitrogen and oxygen atoms in total. The topological polar surface area (TPSA) is 58.6 Å². The summed E-state index contributed by atoms with van der Waals surface area (Å²) in [6, 6.07) is 13.2.